The first kappa shape index (κ1) is 15.0. The van der Waals surface area contributed by atoms with Crippen molar-refractivity contribution < 1.29 is 9.59 Å². The van der Waals surface area contributed by atoms with Gasteiger partial charge in [-0.2, -0.15) is 0 Å². The Morgan fingerprint density at radius 2 is 1.90 bits per heavy atom. The van der Waals surface area contributed by atoms with E-state index in [0.717, 1.165) is 10.9 Å². The number of amides is 2. The Kier molecular flexibility index (Phi) is 4.21. The van der Waals surface area contributed by atoms with Gasteiger partial charge >= 0.3 is 0 Å². The van der Waals surface area contributed by atoms with Gasteiger partial charge in [-0.1, -0.05) is 12.1 Å². The molecule has 2 amide bonds. The Labute approximate surface area is 123 Å². The number of fused-ring (bicyclic) bond motifs is 1. The summed E-state index contributed by atoms with van der Waals surface area (Å²) >= 11 is 0. The van der Waals surface area contributed by atoms with Gasteiger partial charge in [0.05, 0.1) is 12.1 Å². The molecule has 5 heteroatoms. The van der Waals surface area contributed by atoms with Crippen LogP contribution in [-0.4, -0.2) is 28.9 Å². The van der Waals surface area contributed by atoms with Gasteiger partial charge in [-0.05, 0) is 39.0 Å². The second kappa shape index (κ2) is 5.91. The van der Waals surface area contributed by atoms with Crippen LogP contribution in [-0.2, 0) is 4.79 Å². The Morgan fingerprint density at radius 1 is 1.14 bits per heavy atom. The molecule has 0 aliphatic carbocycles. The maximum Gasteiger partial charge on any atom is 0.252 e. The van der Waals surface area contributed by atoms with Crippen LogP contribution in [0.15, 0.2) is 36.5 Å². The van der Waals surface area contributed by atoms with E-state index in [-0.39, 0.29) is 23.9 Å². The number of benzene rings is 1. The third-order valence-corrected chi connectivity index (χ3v) is 2.81. The van der Waals surface area contributed by atoms with Gasteiger partial charge in [-0.3, -0.25) is 14.6 Å². The van der Waals surface area contributed by atoms with E-state index in [9.17, 15) is 9.59 Å². The van der Waals surface area contributed by atoms with Crippen LogP contribution >= 0.6 is 0 Å². The average Bonchev–Trinajstić information content (AvgIpc) is 2.42. The number of nitrogens with zero attached hydrogens (tertiary/aromatic N) is 1. The predicted molar refractivity (Wildman–Crippen MR) is 82.0 cm³/mol. The number of hydrogen-bond donors (Lipinski definition) is 2. The minimum atomic E-state index is -0.314. The zero-order valence-electron chi connectivity index (χ0n) is 12.4. The smallest absolute Gasteiger partial charge is 0.252 e. The quantitative estimate of drug-likeness (QED) is 0.904. The van der Waals surface area contributed by atoms with Gasteiger partial charge in [0.15, 0.2) is 0 Å². The van der Waals surface area contributed by atoms with Gasteiger partial charge in [0.1, 0.15) is 0 Å². The van der Waals surface area contributed by atoms with E-state index in [1.54, 1.807) is 24.4 Å². The van der Waals surface area contributed by atoms with Crippen LogP contribution in [0, 0.1) is 0 Å². The fourth-order valence-electron chi connectivity index (χ4n) is 2.02. The molecule has 21 heavy (non-hydrogen) atoms. The summed E-state index contributed by atoms with van der Waals surface area (Å²) in [5.74, 6) is -0.494. The number of pyridine rings is 1. The van der Waals surface area contributed by atoms with E-state index < -0.39 is 0 Å². The molecule has 1 aromatic heterocycles. The van der Waals surface area contributed by atoms with Crippen LogP contribution in [0.5, 0.6) is 0 Å². The lowest BCUT2D eigenvalue weighted by molar-refractivity contribution is -0.121. The number of nitrogens with one attached hydrogen (secondary N) is 2. The van der Waals surface area contributed by atoms with E-state index in [1.165, 1.54) is 0 Å². The number of carbonyl (C=O) groups is 2. The summed E-state index contributed by atoms with van der Waals surface area (Å²) in [4.78, 5) is 28.1. The van der Waals surface area contributed by atoms with E-state index in [1.807, 2.05) is 32.9 Å². The normalized spacial score (nSPS) is 11.2. The fraction of sp³-hybridized carbons (Fsp3) is 0.312. The van der Waals surface area contributed by atoms with Crippen molar-refractivity contribution in [2.75, 3.05) is 6.54 Å². The van der Waals surface area contributed by atoms with Crippen molar-refractivity contribution in [3.05, 3.63) is 42.1 Å². The van der Waals surface area contributed by atoms with Gasteiger partial charge in [0.25, 0.3) is 5.91 Å². The van der Waals surface area contributed by atoms with Crippen LogP contribution in [0.3, 0.4) is 0 Å². The molecule has 2 rings (SSSR count). The van der Waals surface area contributed by atoms with E-state index in [4.69, 9.17) is 0 Å². The highest BCUT2D eigenvalue weighted by Crippen LogP contribution is 2.16. The highest BCUT2D eigenvalue weighted by molar-refractivity contribution is 6.06. The van der Waals surface area contributed by atoms with Gasteiger partial charge in [-0.15, -0.1) is 0 Å². The highest BCUT2D eigenvalue weighted by atomic mass is 16.2. The minimum Gasteiger partial charge on any atom is -0.350 e. The zero-order valence-corrected chi connectivity index (χ0v) is 12.4. The van der Waals surface area contributed by atoms with Crippen molar-refractivity contribution in [3.8, 4) is 0 Å². The Bertz CT molecular complexity index is 669. The summed E-state index contributed by atoms with van der Waals surface area (Å²) in [6, 6.07) is 8.97. The lowest BCUT2D eigenvalue weighted by Gasteiger charge is -2.20. The monoisotopic (exact) mass is 285 g/mol. The van der Waals surface area contributed by atoms with Crippen molar-refractivity contribution in [1.82, 2.24) is 15.6 Å². The van der Waals surface area contributed by atoms with Gasteiger partial charge in [-0.25, -0.2) is 0 Å². The topological polar surface area (TPSA) is 71.1 Å². The van der Waals surface area contributed by atoms with E-state index >= 15 is 0 Å². The van der Waals surface area contributed by atoms with Crippen LogP contribution < -0.4 is 10.6 Å². The molecule has 0 radical (unpaired) electrons. The average molecular weight is 285 g/mol. The molecule has 110 valence electrons. The molecule has 5 nitrogen and oxygen atoms in total. The van der Waals surface area contributed by atoms with Crippen molar-refractivity contribution in [2.45, 2.75) is 26.3 Å². The van der Waals surface area contributed by atoms with Gasteiger partial charge < -0.3 is 10.6 Å². The molecule has 0 spiro atoms. The molecule has 0 saturated heterocycles. The largest absolute Gasteiger partial charge is 0.350 e. The second-order valence-corrected chi connectivity index (χ2v) is 5.86. The number of carbonyl (C=O) groups excluding carboxylic acids is 2. The third-order valence-electron chi connectivity index (χ3n) is 2.81. The second-order valence-electron chi connectivity index (χ2n) is 5.86. The Balaban J connectivity index is 2.08. The van der Waals surface area contributed by atoms with Gasteiger partial charge in [0, 0.05) is 22.7 Å². The molecule has 0 unspecified atom stereocenters. The van der Waals surface area contributed by atoms with Crippen molar-refractivity contribution >= 4 is 22.7 Å². The van der Waals surface area contributed by atoms with Crippen molar-refractivity contribution in [3.63, 3.8) is 0 Å². The highest BCUT2D eigenvalue weighted by Gasteiger charge is 2.15. The predicted octanol–water partition coefficient (Wildman–Crippen LogP) is 1.88. The molecule has 0 aliphatic heterocycles. The molecule has 2 N–H and O–H groups in total. The maximum absolute atomic E-state index is 12.2. The molecule has 0 bridgehead atoms. The standard InChI is InChI=1S/C16H19N3O2/c1-16(2,3)19-14(20)10-18-15(21)12-6-4-8-13-11(12)7-5-9-17-13/h4-9H,10H2,1-3H3,(H,18,21)(H,19,20). The van der Waals surface area contributed by atoms with E-state index in [2.05, 4.69) is 15.6 Å². The van der Waals surface area contributed by atoms with Crippen LogP contribution in [0.2, 0.25) is 0 Å². The van der Waals surface area contributed by atoms with Crippen molar-refractivity contribution in [2.24, 2.45) is 0 Å². The van der Waals surface area contributed by atoms with Crippen LogP contribution in [0.4, 0.5) is 0 Å². The molecule has 1 heterocycles. The Morgan fingerprint density at radius 3 is 2.62 bits per heavy atom. The maximum atomic E-state index is 12.2. The molecule has 0 saturated carbocycles. The summed E-state index contributed by atoms with van der Waals surface area (Å²) in [5.41, 5.74) is 0.957. The molecular weight excluding hydrogens is 266 g/mol. The first-order chi connectivity index (χ1) is 9.87. The van der Waals surface area contributed by atoms with Crippen LogP contribution in [0.25, 0.3) is 10.9 Å². The first-order valence-electron chi connectivity index (χ1n) is 6.80. The summed E-state index contributed by atoms with van der Waals surface area (Å²) < 4.78 is 0. The summed E-state index contributed by atoms with van der Waals surface area (Å²) in [7, 11) is 0. The van der Waals surface area contributed by atoms with E-state index in [0.29, 0.717) is 5.56 Å². The summed E-state index contributed by atoms with van der Waals surface area (Å²) in [6.07, 6.45) is 1.68. The Hall–Kier alpha value is -2.43. The van der Waals surface area contributed by atoms with Gasteiger partial charge in [0.2, 0.25) is 5.91 Å². The minimum absolute atomic E-state index is 0.0489. The molecule has 0 fully saturated rings. The number of rotatable bonds is 3. The molecule has 2 aromatic rings. The molecule has 0 aliphatic rings. The summed E-state index contributed by atoms with van der Waals surface area (Å²) in [5, 5.41) is 6.20. The van der Waals surface area contributed by atoms with Crippen molar-refractivity contribution in [1.29, 1.82) is 0 Å². The summed E-state index contributed by atoms with van der Waals surface area (Å²) in [6.45, 7) is 5.63. The first-order valence-corrected chi connectivity index (χ1v) is 6.80. The van der Waals surface area contributed by atoms with Crippen LogP contribution in [0.1, 0.15) is 31.1 Å². The lowest BCUT2D eigenvalue weighted by Crippen LogP contribution is -2.45. The fourth-order valence-corrected chi connectivity index (χ4v) is 2.02. The molecular formula is C16H19N3O2. The third kappa shape index (κ3) is 4.02. The number of aromatic nitrogens is 1. The molecule has 1 aromatic carbocycles. The molecule has 0 atom stereocenters. The lowest BCUT2D eigenvalue weighted by atomic mass is 10.1. The number of hydrogen-bond acceptors (Lipinski definition) is 3. The zero-order chi connectivity index (χ0) is 15.5. The SMILES string of the molecule is CC(C)(C)NC(=O)CNC(=O)c1cccc2ncccc12.